The minimum absolute atomic E-state index is 0.230. The molecule has 14 heavy (non-hydrogen) atoms. The molecule has 2 N–H and O–H groups in total. The molecule has 4 heteroatoms. The molecule has 0 saturated heterocycles. The average Bonchev–Trinajstić information content (AvgIpc) is 2.10. The topological polar surface area (TPSA) is 35.5 Å². The van der Waals surface area contributed by atoms with Crippen LogP contribution in [0.25, 0.3) is 0 Å². The van der Waals surface area contributed by atoms with Crippen LogP contribution in [0.2, 0.25) is 0 Å². The summed E-state index contributed by atoms with van der Waals surface area (Å²) in [6.45, 7) is 0.845. The van der Waals surface area contributed by atoms with E-state index in [1.165, 1.54) is 6.07 Å². The van der Waals surface area contributed by atoms with Crippen LogP contribution in [0, 0.1) is 5.82 Å². The van der Waals surface area contributed by atoms with Gasteiger partial charge in [0.1, 0.15) is 5.82 Å². The van der Waals surface area contributed by atoms with Crippen LogP contribution in [0.5, 0.6) is 0 Å². The summed E-state index contributed by atoms with van der Waals surface area (Å²) in [4.78, 5) is 1.91. The van der Waals surface area contributed by atoms with Crippen molar-refractivity contribution in [2.24, 2.45) is 0 Å². The highest BCUT2D eigenvalue weighted by Crippen LogP contribution is 2.11. The fourth-order valence-corrected chi connectivity index (χ4v) is 1.26. The van der Waals surface area contributed by atoms with Crippen molar-refractivity contribution >= 4 is 0 Å². The van der Waals surface area contributed by atoms with Gasteiger partial charge < -0.3 is 10.1 Å². The van der Waals surface area contributed by atoms with Crippen molar-refractivity contribution in [2.75, 3.05) is 14.1 Å². The number of nitrogens with zero attached hydrogens (tertiary/aromatic N) is 1. The van der Waals surface area contributed by atoms with Gasteiger partial charge in [0.15, 0.2) is 0 Å². The number of hydroxylamine groups is 1. The predicted octanol–water partition coefficient (Wildman–Crippen LogP) is 1.37. The molecule has 78 valence electrons. The van der Waals surface area contributed by atoms with Gasteiger partial charge in [-0.3, -0.25) is 0 Å². The highest BCUT2D eigenvalue weighted by molar-refractivity contribution is 5.24. The molecule has 0 aliphatic rings. The van der Waals surface area contributed by atoms with Gasteiger partial charge in [-0.1, -0.05) is 12.1 Å². The molecule has 1 rings (SSSR count). The van der Waals surface area contributed by atoms with E-state index in [0.29, 0.717) is 12.1 Å². The summed E-state index contributed by atoms with van der Waals surface area (Å²) in [6, 6.07) is 4.97. The van der Waals surface area contributed by atoms with Crippen LogP contribution in [0.4, 0.5) is 4.39 Å². The maximum absolute atomic E-state index is 13.4. The van der Waals surface area contributed by atoms with E-state index in [0.717, 1.165) is 5.56 Å². The van der Waals surface area contributed by atoms with Crippen LogP contribution in [-0.2, 0) is 13.1 Å². The van der Waals surface area contributed by atoms with Crippen LogP contribution in [0.3, 0.4) is 0 Å². The zero-order valence-corrected chi connectivity index (χ0v) is 8.42. The van der Waals surface area contributed by atoms with E-state index in [1.54, 1.807) is 12.1 Å². The lowest BCUT2D eigenvalue weighted by Crippen LogP contribution is -2.12. The summed E-state index contributed by atoms with van der Waals surface area (Å²) < 4.78 is 13.4. The summed E-state index contributed by atoms with van der Waals surface area (Å²) in [7, 11) is 3.78. The van der Waals surface area contributed by atoms with E-state index in [4.69, 9.17) is 5.21 Å². The van der Waals surface area contributed by atoms with Crippen molar-refractivity contribution in [3.63, 3.8) is 0 Å². The lowest BCUT2D eigenvalue weighted by atomic mass is 10.1. The minimum Gasteiger partial charge on any atom is -0.316 e. The van der Waals surface area contributed by atoms with Gasteiger partial charge in [0, 0.05) is 18.7 Å². The summed E-state index contributed by atoms with van der Waals surface area (Å²) in [5.41, 5.74) is 3.39. The third-order valence-electron chi connectivity index (χ3n) is 1.89. The standard InChI is InChI=1S/C10H15FN2O/c1-13(2)7-9-4-3-8(6-12-14)5-10(9)11/h3-5,12,14H,6-7H2,1-2H3. The maximum Gasteiger partial charge on any atom is 0.128 e. The minimum atomic E-state index is -0.230. The molecule has 0 aliphatic carbocycles. The van der Waals surface area contributed by atoms with E-state index >= 15 is 0 Å². The van der Waals surface area contributed by atoms with Gasteiger partial charge in [0.25, 0.3) is 0 Å². The van der Waals surface area contributed by atoms with Gasteiger partial charge in [-0.2, -0.15) is 0 Å². The summed E-state index contributed by atoms with van der Waals surface area (Å²) in [6.07, 6.45) is 0. The van der Waals surface area contributed by atoms with E-state index < -0.39 is 0 Å². The molecule has 0 spiro atoms. The van der Waals surface area contributed by atoms with Crippen molar-refractivity contribution < 1.29 is 9.60 Å². The number of halogens is 1. The molecule has 0 atom stereocenters. The molecule has 0 unspecified atom stereocenters. The smallest absolute Gasteiger partial charge is 0.128 e. The summed E-state index contributed by atoms with van der Waals surface area (Å²) in [5, 5.41) is 8.44. The zero-order chi connectivity index (χ0) is 10.6. The van der Waals surface area contributed by atoms with Crippen LogP contribution < -0.4 is 5.48 Å². The van der Waals surface area contributed by atoms with Crippen LogP contribution in [0.15, 0.2) is 18.2 Å². The van der Waals surface area contributed by atoms with Crippen LogP contribution >= 0.6 is 0 Å². The summed E-state index contributed by atoms with van der Waals surface area (Å²) in [5.74, 6) is -0.230. The van der Waals surface area contributed by atoms with Crippen LogP contribution in [0.1, 0.15) is 11.1 Å². The molecule has 0 heterocycles. The molecule has 0 saturated carbocycles. The van der Waals surface area contributed by atoms with Gasteiger partial charge in [-0.05, 0) is 25.7 Å². The molecule has 0 aliphatic heterocycles. The lowest BCUT2D eigenvalue weighted by molar-refractivity contribution is 0.161. The molecule has 1 aromatic carbocycles. The Bertz CT molecular complexity index is 302. The Kier molecular flexibility index (Phi) is 4.00. The first kappa shape index (κ1) is 11.1. The van der Waals surface area contributed by atoms with E-state index in [-0.39, 0.29) is 12.4 Å². The van der Waals surface area contributed by atoms with E-state index in [2.05, 4.69) is 0 Å². The normalized spacial score (nSPS) is 10.9. The number of nitrogens with one attached hydrogen (secondary N) is 1. The van der Waals surface area contributed by atoms with Gasteiger partial charge in [0.2, 0.25) is 0 Å². The molecule has 0 bridgehead atoms. The summed E-state index contributed by atoms with van der Waals surface area (Å²) >= 11 is 0. The molecule has 0 radical (unpaired) electrons. The SMILES string of the molecule is CN(C)Cc1ccc(CNO)cc1F. The fraction of sp³-hybridized carbons (Fsp3) is 0.400. The third kappa shape index (κ3) is 3.06. The third-order valence-corrected chi connectivity index (χ3v) is 1.89. The van der Waals surface area contributed by atoms with E-state index in [1.807, 2.05) is 24.5 Å². The Hall–Kier alpha value is -0.970. The van der Waals surface area contributed by atoms with Gasteiger partial charge in [-0.25, -0.2) is 9.87 Å². The van der Waals surface area contributed by atoms with Gasteiger partial charge in [0.05, 0.1) is 0 Å². The highest BCUT2D eigenvalue weighted by atomic mass is 19.1. The first-order chi connectivity index (χ1) is 6.63. The second-order valence-corrected chi connectivity index (χ2v) is 3.50. The Balaban J connectivity index is 2.79. The highest BCUT2D eigenvalue weighted by Gasteiger charge is 2.04. The zero-order valence-electron chi connectivity index (χ0n) is 8.42. The molecular weight excluding hydrogens is 183 g/mol. The predicted molar refractivity (Wildman–Crippen MR) is 52.4 cm³/mol. The molecular formula is C10H15FN2O. The van der Waals surface area contributed by atoms with Crippen LogP contribution in [-0.4, -0.2) is 24.2 Å². The maximum atomic E-state index is 13.4. The Labute approximate surface area is 83.1 Å². The molecule has 0 aromatic heterocycles. The molecule has 0 fully saturated rings. The number of rotatable bonds is 4. The van der Waals surface area contributed by atoms with Gasteiger partial charge >= 0.3 is 0 Å². The largest absolute Gasteiger partial charge is 0.316 e. The first-order valence-corrected chi connectivity index (χ1v) is 4.42. The Morgan fingerprint density at radius 2 is 2.14 bits per heavy atom. The lowest BCUT2D eigenvalue weighted by Gasteiger charge is -2.11. The van der Waals surface area contributed by atoms with Crippen molar-refractivity contribution in [3.8, 4) is 0 Å². The second-order valence-electron chi connectivity index (χ2n) is 3.50. The molecule has 3 nitrogen and oxygen atoms in total. The van der Waals surface area contributed by atoms with Gasteiger partial charge in [-0.15, -0.1) is 0 Å². The van der Waals surface area contributed by atoms with Crippen molar-refractivity contribution in [1.29, 1.82) is 0 Å². The fourth-order valence-electron chi connectivity index (χ4n) is 1.26. The monoisotopic (exact) mass is 198 g/mol. The van der Waals surface area contributed by atoms with Crippen molar-refractivity contribution in [2.45, 2.75) is 13.1 Å². The Morgan fingerprint density at radius 1 is 1.43 bits per heavy atom. The molecule has 1 aromatic rings. The number of hydrogen-bond donors (Lipinski definition) is 2. The number of benzene rings is 1. The van der Waals surface area contributed by atoms with Crippen molar-refractivity contribution in [1.82, 2.24) is 10.4 Å². The van der Waals surface area contributed by atoms with Crippen molar-refractivity contribution in [3.05, 3.63) is 35.1 Å². The second kappa shape index (κ2) is 5.05. The van der Waals surface area contributed by atoms with E-state index in [9.17, 15) is 4.39 Å². The number of hydrogen-bond acceptors (Lipinski definition) is 3. The molecule has 0 amide bonds. The average molecular weight is 198 g/mol. The quantitative estimate of drug-likeness (QED) is 0.717. The first-order valence-electron chi connectivity index (χ1n) is 4.42. The Morgan fingerprint density at radius 3 is 2.64 bits per heavy atom.